The van der Waals surface area contributed by atoms with Crippen LogP contribution in [0.4, 0.5) is 10.5 Å². The fourth-order valence-corrected chi connectivity index (χ4v) is 1.42. The molecule has 1 unspecified atom stereocenters. The molecule has 1 atom stereocenters. The summed E-state index contributed by atoms with van der Waals surface area (Å²) in [4.78, 5) is 22.4. The summed E-state index contributed by atoms with van der Waals surface area (Å²) in [5.41, 5.74) is 1.49. The number of carbonyl (C=O) groups is 2. The van der Waals surface area contributed by atoms with Crippen LogP contribution in [-0.2, 0) is 4.79 Å². The van der Waals surface area contributed by atoms with Gasteiger partial charge in [0.2, 0.25) is 0 Å². The molecule has 6 nitrogen and oxygen atoms in total. The molecule has 1 aromatic rings. The summed E-state index contributed by atoms with van der Waals surface area (Å²) in [5, 5.41) is 22.4. The third-order valence-corrected chi connectivity index (χ3v) is 2.41. The molecule has 98 valence electrons. The Kier molecular flexibility index (Phi) is 5.13. The van der Waals surface area contributed by atoms with Gasteiger partial charge < -0.3 is 20.8 Å². The molecule has 0 aliphatic heterocycles. The van der Waals surface area contributed by atoms with Crippen molar-refractivity contribution in [2.24, 2.45) is 0 Å². The Bertz CT molecular complexity index is 434. The molecule has 0 fully saturated rings. The normalized spacial score (nSPS) is 11.7. The highest BCUT2D eigenvalue weighted by atomic mass is 16.4. The van der Waals surface area contributed by atoms with Gasteiger partial charge in [-0.05, 0) is 18.6 Å². The SMILES string of the molecule is Cc1ccccc1NC(=O)NC(CCO)C(=O)O. The topological polar surface area (TPSA) is 98.7 Å². The lowest BCUT2D eigenvalue weighted by molar-refractivity contribution is -0.139. The van der Waals surface area contributed by atoms with Gasteiger partial charge in [-0.3, -0.25) is 0 Å². The summed E-state index contributed by atoms with van der Waals surface area (Å²) in [6, 6.07) is 5.45. The van der Waals surface area contributed by atoms with Crippen molar-refractivity contribution < 1.29 is 19.8 Å². The first kappa shape index (κ1) is 14.0. The molecule has 1 aromatic carbocycles. The second-order valence-corrected chi connectivity index (χ2v) is 3.82. The van der Waals surface area contributed by atoms with Crippen molar-refractivity contribution in [1.82, 2.24) is 5.32 Å². The van der Waals surface area contributed by atoms with Crippen LogP contribution >= 0.6 is 0 Å². The smallest absolute Gasteiger partial charge is 0.326 e. The maximum Gasteiger partial charge on any atom is 0.326 e. The zero-order valence-electron chi connectivity index (χ0n) is 10.0. The maximum atomic E-state index is 11.6. The fraction of sp³-hybridized carbons (Fsp3) is 0.333. The van der Waals surface area contributed by atoms with Gasteiger partial charge in [0.25, 0.3) is 0 Å². The van der Waals surface area contributed by atoms with Crippen molar-refractivity contribution in [3.8, 4) is 0 Å². The van der Waals surface area contributed by atoms with Crippen LogP contribution in [0, 0.1) is 6.92 Å². The molecular weight excluding hydrogens is 236 g/mol. The number of aliphatic hydroxyl groups excluding tert-OH is 1. The molecular formula is C12H16N2O4. The largest absolute Gasteiger partial charge is 0.480 e. The third kappa shape index (κ3) is 4.06. The van der Waals surface area contributed by atoms with Gasteiger partial charge in [0.05, 0.1) is 0 Å². The first-order valence-electron chi connectivity index (χ1n) is 5.51. The van der Waals surface area contributed by atoms with E-state index in [1.807, 2.05) is 19.1 Å². The van der Waals surface area contributed by atoms with E-state index in [1.54, 1.807) is 12.1 Å². The summed E-state index contributed by atoms with van der Waals surface area (Å²) in [5.74, 6) is -1.18. The van der Waals surface area contributed by atoms with E-state index in [0.29, 0.717) is 5.69 Å². The van der Waals surface area contributed by atoms with E-state index < -0.39 is 18.0 Å². The summed E-state index contributed by atoms with van der Waals surface area (Å²) >= 11 is 0. The van der Waals surface area contributed by atoms with Gasteiger partial charge in [0, 0.05) is 18.7 Å². The average molecular weight is 252 g/mol. The fourth-order valence-electron chi connectivity index (χ4n) is 1.42. The monoisotopic (exact) mass is 252 g/mol. The number of nitrogens with one attached hydrogen (secondary N) is 2. The van der Waals surface area contributed by atoms with Gasteiger partial charge in [-0.1, -0.05) is 18.2 Å². The number of carbonyl (C=O) groups excluding carboxylic acids is 1. The van der Waals surface area contributed by atoms with E-state index in [9.17, 15) is 9.59 Å². The van der Waals surface area contributed by atoms with Gasteiger partial charge in [0.15, 0.2) is 0 Å². The number of aliphatic hydroxyl groups is 1. The second-order valence-electron chi connectivity index (χ2n) is 3.82. The van der Waals surface area contributed by atoms with Crippen LogP contribution in [0.2, 0.25) is 0 Å². The van der Waals surface area contributed by atoms with E-state index in [4.69, 9.17) is 10.2 Å². The highest BCUT2D eigenvalue weighted by molar-refractivity contribution is 5.92. The van der Waals surface area contributed by atoms with Crippen LogP contribution in [0.5, 0.6) is 0 Å². The maximum absolute atomic E-state index is 11.6. The van der Waals surface area contributed by atoms with Crippen LogP contribution < -0.4 is 10.6 Å². The average Bonchev–Trinajstić information content (AvgIpc) is 2.31. The molecule has 4 N–H and O–H groups in total. The van der Waals surface area contributed by atoms with Crippen LogP contribution in [-0.4, -0.2) is 34.9 Å². The molecule has 0 aliphatic carbocycles. The van der Waals surface area contributed by atoms with Gasteiger partial charge in [-0.15, -0.1) is 0 Å². The Morgan fingerprint density at radius 2 is 2.00 bits per heavy atom. The first-order chi connectivity index (χ1) is 8.54. The minimum Gasteiger partial charge on any atom is -0.480 e. The number of hydrogen-bond acceptors (Lipinski definition) is 3. The summed E-state index contributed by atoms with van der Waals surface area (Å²) < 4.78 is 0. The number of rotatable bonds is 5. The number of benzene rings is 1. The van der Waals surface area contributed by atoms with Gasteiger partial charge in [-0.25, -0.2) is 9.59 Å². The third-order valence-electron chi connectivity index (χ3n) is 2.41. The molecule has 0 saturated heterocycles. The lowest BCUT2D eigenvalue weighted by Gasteiger charge is -2.14. The number of carboxylic acid groups (broad SMARTS) is 1. The second kappa shape index (κ2) is 6.61. The van der Waals surface area contributed by atoms with Crippen molar-refractivity contribution in [3.63, 3.8) is 0 Å². The number of anilines is 1. The van der Waals surface area contributed by atoms with E-state index in [1.165, 1.54) is 0 Å². The quantitative estimate of drug-likeness (QED) is 0.627. The molecule has 2 amide bonds. The van der Waals surface area contributed by atoms with Gasteiger partial charge in [-0.2, -0.15) is 0 Å². The molecule has 0 aromatic heterocycles. The van der Waals surface area contributed by atoms with Gasteiger partial charge in [0.1, 0.15) is 6.04 Å². The zero-order chi connectivity index (χ0) is 13.5. The summed E-state index contributed by atoms with van der Waals surface area (Å²) in [7, 11) is 0. The van der Waals surface area contributed by atoms with E-state index >= 15 is 0 Å². The molecule has 0 bridgehead atoms. The number of hydrogen-bond donors (Lipinski definition) is 4. The van der Waals surface area contributed by atoms with Gasteiger partial charge >= 0.3 is 12.0 Å². The molecule has 1 rings (SSSR count). The number of amides is 2. The molecule has 0 radical (unpaired) electrons. The minimum atomic E-state index is -1.18. The Morgan fingerprint density at radius 1 is 1.33 bits per heavy atom. The Morgan fingerprint density at radius 3 is 2.56 bits per heavy atom. The highest BCUT2D eigenvalue weighted by Crippen LogP contribution is 2.12. The van der Waals surface area contributed by atoms with Crippen molar-refractivity contribution in [2.75, 3.05) is 11.9 Å². The molecule has 0 aliphatic rings. The zero-order valence-corrected chi connectivity index (χ0v) is 10.0. The van der Waals surface area contributed by atoms with Crippen LogP contribution in [0.25, 0.3) is 0 Å². The predicted octanol–water partition coefficient (Wildman–Crippen LogP) is 0.952. The number of urea groups is 1. The van der Waals surface area contributed by atoms with Crippen molar-refractivity contribution >= 4 is 17.7 Å². The van der Waals surface area contributed by atoms with E-state index in [-0.39, 0.29) is 13.0 Å². The predicted molar refractivity (Wildman–Crippen MR) is 66.5 cm³/mol. The number of aryl methyl sites for hydroxylation is 1. The number of aliphatic carboxylic acids is 1. The minimum absolute atomic E-state index is 0.0312. The molecule has 18 heavy (non-hydrogen) atoms. The van der Waals surface area contributed by atoms with Crippen molar-refractivity contribution in [1.29, 1.82) is 0 Å². The highest BCUT2D eigenvalue weighted by Gasteiger charge is 2.19. The molecule has 0 saturated carbocycles. The Balaban J connectivity index is 2.61. The number of carboxylic acids is 1. The standard InChI is InChI=1S/C12H16N2O4/c1-8-4-2-3-5-9(8)13-12(18)14-10(6-7-15)11(16)17/h2-5,10,15H,6-7H2,1H3,(H,16,17)(H2,13,14,18). The lowest BCUT2D eigenvalue weighted by Crippen LogP contribution is -2.43. The molecule has 0 spiro atoms. The molecule has 6 heteroatoms. The van der Waals surface area contributed by atoms with Crippen molar-refractivity contribution in [3.05, 3.63) is 29.8 Å². The summed E-state index contributed by atoms with van der Waals surface area (Å²) in [6.07, 6.45) is -0.0312. The van der Waals surface area contributed by atoms with Crippen LogP contribution in [0.1, 0.15) is 12.0 Å². The van der Waals surface area contributed by atoms with E-state index in [0.717, 1.165) is 5.56 Å². The first-order valence-corrected chi connectivity index (χ1v) is 5.51. The van der Waals surface area contributed by atoms with Crippen LogP contribution in [0.15, 0.2) is 24.3 Å². The van der Waals surface area contributed by atoms with E-state index in [2.05, 4.69) is 10.6 Å². The lowest BCUT2D eigenvalue weighted by atomic mass is 10.2. The summed E-state index contributed by atoms with van der Waals surface area (Å²) in [6.45, 7) is 1.53. The van der Waals surface area contributed by atoms with Crippen LogP contribution in [0.3, 0.4) is 0 Å². The Hall–Kier alpha value is -2.08. The number of para-hydroxylation sites is 1. The molecule has 0 heterocycles. The Labute approximate surface area is 105 Å². The van der Waals surface area contributed by atoms with Crippen molar-refractivity contribution in [2.45, 2.75) is 19.4 Å².